The Bertz CT molecular complexity index is 126. The lowest BCUT2D eigenvalue weighted by atomic mass is 10.7. The summed E-state index contributed by atoms with van der Waals surface area (Å²) < 4.78 is 0. The predicted molar refractivity (Wildman–Crippen MR) is 42.5 cm³/mol. The van der Waals surface area contributed by atoms with E-state index in [1.165, 1.54) is 12.9 Å². The Morgan fingerprint density at radius 1 is 1.89 bits per heavy atom. The van der Waals surface area contributed by atoms with Crippen molar-refractivity contribution in [2.24, 2.45) is 0 Å². The van der Waals surface area contributed by atoms with Crippen molar-refractivity contribution in [3.63, 3.8) is 0 Å². The third kappa shape index (κ3) is 3.58. The SMILES string of the molecule is CON(C)C(=O)/C=P/P. The van der Waals surface area contributed by atoms with E-state index in [4.69, 9.17) is 0 Å². The highest BCUT2D eigenvalue weighted by Crippen LogP contribution is 2.04. The summed E-state index contributed by atoms with van der Waals surface area (Å²) in [5.41, 5.74) is 0. The number of carbonyl (C=O) groups excluding carboxylic acids is 1. The van der Waals surface area contributed by atoms with Crippen molar-refractivity contribution in [3.05, 3.63) is 0 Å². The first-order valence-corrected chi connectivity index (χ1v) is 4.85. The number of hydrogen-bond acceptors (Lipinski definition) is 2. The van der Waals surface area contributed by atoms with Crippen LogP contribution in [0.4, 0.5) is 0 Å². The molecular weight excluding hydrogens is 156 g/mol. The van der Waals surface area contributed by atoms with Gasteiger partial charge in [-0.3, -0.25) is 9.63 Å². The third-order valence-electron chi connectivity index (χ3n) is 0.769. The molecule has 0 aliphatic rings. The van der Waals surface area contributed by atoms with Crippen LogP contribution in [-0.4, -0.2) is 30.9 Å². The molecule has 0 rings (SSSR count). The highest BCUT2D eigenvalue weighted by molar-refractivity contribution is 8.02. The van der Waals surface area contributed by atoms with Crippen molar-refractivity contribution in [1.82, 2.24) is 5.06 Å². The largest absolute Gasteiger partial charge is 0.274 e. The maximum absolute atomic E-state index is 10.7. The van der Waals surface area contributed by atoms with E-state index < -0.39 is 0 Å². The molecule has 1 unspecified atom stereocenters. The zero-order valence-corrected chi connectivity index (χ0v) is 7.41. The molecule has 0 aliphatic carbocycles. The van der Waals surface area contributed by atoms with E-state index in [2.05, 4.69) is 13.8 Å². The summed E-state index contributed by atoms with van der Waals surface area (Å²) >= 11 is 0. The molecule has 5 heteroatoms. The first kappa shape index (κ1) is 9.03. The van der Waals surface area contributed by atoms with Crippen LogP contribution in [0.2, 0.25) is 0 Å². The predicted octanol–water partition coefficient (Wildman–Crippen LogP) is 0.545. The van der Waals surface area contributed by atoms with Crippen molar-refractivity contribution in [1.29, 1.82) is 0 Å². The number of carbonyl (C=O) groups is 1. The summed E-state index contributed by atoms with van der Waals surface area (Å²) in [6, 6.07) is 0. The molecule has 0 bridgehead atoms. The van der Waals surface area contributed by atoms with Crippen LogP contribution in [0.3, 0.4) is 0 Å². The molecule has 0 fully saturated rings. The molecule has 0 aliphatic heterocycles. The van der Waals surface area contributed by atoms with Crippen molar-refractivity contribution in [2.75, 3.05) is 14.2 Å². The topological polar surface area (TPSA) is 29.5 Å². The lowest BCUT2D eigenvalue weighted by Crippen LogP contribution is -2.25. The second-order valence-electron chi connectivity index (χ2n) is 1.30. The van der Waals surface area contributed by atoms with Gasteiger partial charge in [0.2, 0.25) is 0 Å². The van der Waals surface area contributed by atoms with Gasteiger partial charge in [0.25, 0.3) is 5.91 Å². The molecular formula is C4H9NO2P2. The average molecular weight is 165 g/mol. The molecule has 0 saturated heterocycles. The van der Waals surface area contributed by atoms with Gasteiger partial charge in [0.1, 0.15) is 0 Å². The zero-order chi connectivity index (χ0) is 7.28. The van der Waals surface area contributed by atoms with Crippen LogP contribution in [0.15, 0.2) is 0 Å². The highest BCUT2D eigenvalue weighted by Gasteiger charge is 1.99. The Labute approximate surface area is 58.2 Å². The van der Waals surface area contributed by atoms with Gasteiger partial charge >= 0.3 is 0 Å². The molecule has 0 N–H and O–H groups in total. The summed E-state index contributed by atoms with van der Waals surface area (Å²) in [6.07, 6.45) is 0. The van der Waals surface area contributed by atoms with Crippen molar-refractivity contribution in [3.8, 4) is 0 Å². The quantitative estimate of drug-likeness (QED) is 0.441. The fourth-order valence-corrected chi connectivity index (χ4v) is 0.908. The smallest absolute Gasteiger partial charge is 0.274 e. The van der Waals surface area contributed by atoms with Gasteiger partial charge in [-0.2, -0.15) is 0 Å². The zero-order valence-electron chi connectivity index (χ0n) is 5.37. The van der Waals surface area contributed by atoms with Crippen LogP contribution >= 0.6 is 16.8 Å². The van der Waals surface area contributed by atoms with E-state index in [-0.39, 0.29) is 5.91 Å². The van der Waals surface area contributed by atoms with Crippen LogP contribution < -0.4 is 0 Å². The number of nitrogens with zero attached hydrogens (tertiary/aromatic N) is 1. The molecule has 52 valence electrons. The molecule has 1 atom stereocenters. The molecule has 0 radical (unpaired) electrons. The van der Waals surface area contributed by atoms with E-state index in [1.54, 1.807) is 7.05 Å². The molecule has 3 nitrogen and oxygen atoms in total. The molecule has 0 aromatic heterocycles. The van der Waals surface area contributed by atoms with E-state index in [9.17, 15) is 4.79 Å². The Balaban J connectivity index is 3.73. The van der Waals surface area contributed by atoms with Gasteiger partial charge in [-0.15, -0.1) is 0 Å². The fourth-order valence-electron chi connectivity index (χ4n) is 0.235. The third-order valence-corrected chi connectivity index (χ3v) is 1.59. The van der Waals surface area contributed by atoms with Gasteiger partial charge in [-0.1, -0.05) is 16.8 Å². The Kier molecular flexibility index (Phi) is 4.88. The average Bonchev–Trinajstić information content (AvgIpc) is 1.87. The lowest BCUT2D eigenvalue weighted by Gasteiger charge is -2.09. The summed E-state index contributed by atoms with van der Waals surface area (Å²) in [6.45, 7) is 0. The summed E-state index contributed by atoms with van der Waals surface area (Å²) in [4.78, 5) is 15.3. The van der Waals surface area contributed by atoms with Crippen molar-refractivity contribution >= 4 is 28.5 Å². The highest BCUT2D eigenvalue weighted by atomic mass is 32.0. The van der Waals surface area contributed by atoms with E-state index in [0.29, 0.717) is 0 Å². The van der Waals surface area contributed by atoms with Gasteiger partial charge in [-0.05, 0) is 0 Å². The van der Waals surface area contributed by atoms with Crippen LogP contribution in [0.25, 0.3) is 0 Å². The van der Waals surface area contributed by atoms with Gasteiger partial charge < -0.3 is 0 Å². The van der Waals surface area contributed by atoms with E-state index in [1.807, 2.05) is 0 Å². The van der Waals surface area contributed by atoms with Crippen LogP contribution in [0, 0.1) is 0 Å². The Hall–Kier alpha value is 0.0300. The molecule has 0 aromatic rings. The second kappa shape index (κ2) is 4.87. The van der Waals surface area contributed by atoms with E-state index in [0.717, 1.165) is 13.0 Å². The lowest BCUT2D eigenvalue weighted by molar-refractivity contribution is -0.159. The summed E-state index contributed by atoms with van der Waals surface area (Å²) in [5.74, 6) is 1.36. The van der Waals surface area contributed by atoms with Crippen LogP contribution in [0.5, 0.6) is 0 Å². The van der Waals surface area contributed by atoms with E-state index >= 15 is 0 Å². The van der Waals surface area contributed by atoms with Gasteiger partial charge in [-0.25, -0.2) is 5.06 Å². The van der Waals surface area contributed by atoms with Crippen LogP contribution in [0.1, 0.15) is 0 Å². The second-order valence-corrected chi connectivity index (χ2v) is 2.75. The normalized spacial score (nSPS) is 10.1. The maximum atomic E-state index is 10.7. The van der Waals surface area contributed by atoms with Gasteiger partial charge in [0.05, 0.1) is 7.11 Å². The molecule has 0 heterocycles. The number of hydroxylamine groups is 2. The molecule has 0 spiro atoms. The summed E-state index contributed by atoms with van der Waals surface area (Å²) in [7, 11) is 6.28. The van der Waals surface area contributed by atoms with Crippen molar-refractivity contribution < 1.29 is 9.63 Å². The molecule has 0 aromatic carbocycles. The Morgan fingerprint density at radius 3 is 2.78 bits per heavy atom. The standard InChI is InChI=1S/C4H9NO2P2/c1-5(7-2)4(6)3-9-8/h3H,8H2,1-2H3. The monoisotopic (exact) mass is 165 g/mol. The summed E-state index contributed by atoms with van der Waals surface area (Å²) in [5, 5.41) is 1.16. The van der Waals surface area contributed by atoms with Crippen molar-refractivity contribution in [2.45, 2.75) is 0 Å². The maximum Gasteiger partial charge on any atom is 0.274 e. The van der Waals surface area contributed by atoms with Gasteiger partial charge in [0, 0.05) is 12.8 Å². The number of hydrogen-bond donors (Lipinski definition) is 0. The minimum atomic E-state index is -0.130. The van der Waals surface area contributed by atoms with Gasteiger partial charge in [0.15, 0.2) is 0 Å². The molecule has 1 amide bonds. The number of amides is 1. The first-order valence-electron chi connectivity index (χ1n) is 2.27. The minimum Gasteiger partial charge on any atom is -0.274 e. The number of rotatable bonds is 2. The molecule has 0 saturated carbocycles. The first-order chi connectivity index (χ1) is 4.22. The molecule has 9 heavy (non-hydrogen) atoms. The Morgan fingerprint density at radius 2 is 2.44 bits per heavy atom. The fraction of sp³-hybridized carbons (Fsp3) is 0.500. The minimum absolute atomic E-state index is 0.130. The van der Waals surface area contributed by atoms with Crippen LogP contribution in [-0.2, 0) is 9.63 Å².